The average Bonchev–Trinajstić information content (AvgIpc) is 1.73. The van der Waals surface area contributed by atoms with E-state index in [2.05, 4.69) is 41.5 Å². The quantitative estimate of drug-likeness (QED) is 0.0101. The Hall–Kier alpha value is -9.35. The fourth-order valence-corrected chi connectivity index (χ4v) is 12.5. The molecule has 4 atom stereocenters. The minimum Gasteiger partial charge on any atom is -0.489 e. The Balaban J connectivity index is 0.730. The van der Waals surface area contributed by atoms with Crippen molar-refractivity contribution in [3.63, 3.8) is 0 Å². The first kappa shape index (κ1) is 70.5. The van der Waals surface area contributed by atoms with E-state index < -0.39 is 117 Å². The summed E-state index contributed by atoms with van der Waals surface area (Å²) in [6.07, 6.45) is 5.12. The van der Waals surface area contributed by atoms with Crippen molar-refractivity contribution < 1.29 is 93.3 Å². The van der Waals surface area contributed by atoms with Gasteiger partial charge in [0.1, 0.15) is 48.2 Å². The minimum absolute atomic E-state index is 0.0313. The number of aromatic nitrogens is 6. The molecule has 0 unspecified atom stereocenters. The number of carbonyl (C=O) groups is 6. The number of β-lactam (4-membered cyclic amide) rings is 2. The zero-order valence-corrected chi connectivity index (χ0v) is 55.1. The number of amides is 4. The lowest BCUT2D eigenvalue weighted by Crippen LogP contribution is -2.78. The standard InChI is InChI=1S/C58H70F2N18O16S3/c1-55(2)45(69-47(79)43(39-25-95-53(63)67-39)71-91-41(51(83)84)23-89-37-11-7-33(8-12-37)35-19-73(17-5-15-61)75(21-35)31-57(59)27-65-28-57)49(81)77(55)93-97(87,88)94-78-50(82)46(56(78,3)4)70-48(80)44(40-26-96-54(64)68-40)72-92-42(52(85)86)24-90-38-13-9-34(10-14-38)36-20-74(18-6-16-62)76(22-36)32-58(60)29-66-30-58/h7-14,19-22,25-26,41-42,45-46,65-66H,5-6,15-18,23-24,27-32,61-62H2,1-4H3,(H6-2,63,64,67,68,69,70,79,80,83,84,85,86)/p+2/b71-43-,72-44-/t41-,42-,45+,46+/m0/s1. The summed E-state index contributed by atoms with van der Waals surface area (Å²) < 4.78 is 86.2. The third-order valence-corrected chi connectivity index (χ3v) is 18.1. The van der Waals surface area contributed by atoms with Gasteiger partial charge in [0.25, 0.3) is 35.8 Å². The molecule has 0 spiro atoms. The molecule has 34 nitrogen and oxygen atoms in total. The number of hydrogen-bond donors (Lipinski definition) is 10. The van der Waals surface area contributed by atoms with Crippen molar-refractivity contribution in [2.75, 3.05) is 63.9 Å². The fraction of sp³-hybridized carbons (Fsp3) is 0.448. The number of thiazole rings is 2. The van der Waals surface area contributed by atoms with Gasteiger partial charge in [0, 0.05) is 36.9 Å². The number of halogens is 2. The maximum Gasteiger partial charge on any atom is 0.442 e. The van der Waals surface area contributed by atoms with Gasteiger partial charge in [-0.1, -0.05) is 34.6 Å². The van der Waals surface area contributed by atoms with Crippen LogP contribution >= 0.6 is 22.7 Å². The molecule has 4 aliphatic heterocycles. The van der Waals surface area contributed by atoms with Gasteiger partial charge in [-0.05, 0) is 89.0 Å². The summed E-state index contributed by atoms with van der Waals surface area (Å²) in [6, 6.07) is 10.2. The zero-order valence-electron chi connectivity index (χ0n) is 52.7. The molecule has 8 heterocycles. The van der Waals surface area contributed by atoms with Crippen LogP contribution in [0.15, 0.2) is 94.4 Å². The summed E-state index contributed by atoms with van der Waals surface area (Å²) in [5, 5.41) is 41.8. The van der Waals surface area contributed by atoms with Gasteiger partial charge in [-0.2, -0.15) is 27.9 Å². The number of oxime groups is 2. The molecule has 4 amide bonds. The number of nitrogens with zero attached hydrogens (tertiary/aromatic N) is 10. The molecular formula is C58H72F2N18O16S3+2. The number of benzene rings is 2. The molecule has 0 aliphatic carbocycles. The number of carbonyl (C=O) groups excluding carboxylic acids is 4. The molecule has 4 saturated heterocycles. The first-order valence-corrected chi connectivity index (χ1v) is 33.2. The largest absolute Gasteiger partial charge is 0.489 e. The van der Waals surface area contributed by atoms with Crippen LogP contribution in [0.2, 0.25) is 0 Å². The number of alkyl halides is 2. The van der Waals surface area contributed by atoms with Crippen LogP contribution in [-0.4, -0.2) is 194 Å². The molecule has 4 aromatic heterocycles. The van der Waals surface area contributed by atoms with E-state index in [9.17, 15) is 47.4 Å². The highest BCUT2D eigenvalue weighted by Crippen LogP contribution is 2.37. The van der Waals surface area contributed by atoms with Gasteiger partial charge < -0.3 is 73.6 Å². The molecule has 14 N–H and O–H groups in total. The van der Waals surface area contributed by atoms with Crippen LogP contribution in [0.3, 0.4) is 0 Å². The third-order valence-electron chi connectivity index (χ3n) is 16.1. The fourth-order valence-electron chi connectivity index (χ4n) is 10.5. The normalized spacial score (nSPS) is 19.1. The summed E-state index contributed by atoms with van der Waals surface area (Å²) in [5.41, 5.74) is 18.4. The molecule has 0 radical (unpaired) electrons. The van der Waals surface area contributed by atoms with Crippen LogP contribution < -0.4 is 63.0 Å². The molecular weight excluding hydrogens is 1340 g/mol. The Labute approximate surface area is 560 Å². The number of nitrogens with one attached hydrogen (secondary N) is 4. The number of hydroxylamine groups is 4. The van der Waals surface area contributed by atoms with Crippen molar-refractivity contribution >= 4 is 90.3 Å². The summed E-state index contributed by atoms with van der Waals surface area (Å²) in [6.45, 7) is 7.21. The van der Waals surface area contributed by atoms with E-state index in [0.29, 0.717) is 49.1 Å². The Kier molecular flexibility index (Phi) is 20.9. The van der Waals surface area contributed by atoms with Gasteiger partial charge in [-0.3, -0.25) is 19.2 Å². The van der Waals surface area contributed by atoms with Crippen LogP contribution in [0, 0.1) is 0 Å². The number of carboxylic acids is 2. The van der Waals surface area contributed by atoms with Gasteiger partial charge in [0.05, 0.1) is 47.7 Å². The number of anilines is 2. The summed E-state index contributed by atoms with van der Waals surface area (Å²) in [5.74, 6) is -7.22. The topological polar surface area (TPSA) is 459 Å². The van der Waals surface area contributed by atoms with Gasteiger partial charge >= 0.3 is 22.3 Å². The van der Waals surface area contributed by atoms with E-state index in [1.807, 2.05) is 43.5 Å². The molecule has 4 fully saturated rings. The number of nitrogens with two attached hydrogens (primary N) is 4. The van der Waals surface area contributed by atoms with E-state index >= 15 is 8.78 Å². The highest BCUT2D eigenvalue weighted by molar-refractivity contribution is 7.81. The SMILES string of the molecule is CC1(C)[C@H](NC(=O)/C(=N\O[C@@H](COc2ccc(-c3cn(CCCN)[n+](CC4(F)CNC4)c3)cc2)C(=O)O)c2csc(N)n2)C(=O)N1OS(=O)(=O)ON1C(=O)[C@@H](NC(=O)/C(=N\O[C@@H](COc2ccc(-c3cn(CCCN)[n+](CC4(F)CNC4)c3)cc2)C(=O)O)c2csc(N)n2)C1(C)C. The van der Waals surface area contributed by atoms with Crippen LogP contribution in [0.4, 0.5) is 19.0 Å². The van der Waals surface area contributed by atoms with Gasteiger partial charge in [-0.25, -0.2) is 28.3 Å². The number of aliphatic carboxylic acids is 2. The Bertz CT molecular complexity index is 3850. The highest BCUT2D eigenvalue weighted by Gasteiger charge is 2.61. The van der Waals surface area contributed by atoms with Gasteiger partial charge in [0.2, 0.25) is 25.5 Å². The van der Waals surface area contributed by atoms with Crippen LogP contribution in [0.25, 0.3) is 22.3 Å². The van der Waals surface area contributed by atoms with Gasteiger partial charge in [0.15, 0.2) is 33.0 Å². The second kappa shape index (κ2) is 28.8. The molecule has 520 valence electrons. The molecule has 0 saturated carbocycles. The molecule has 0 bridgehead atoms. The molecule has 97 heavy (non-hydrogen) atoms. The van der Waals surface area contributed by atoms with Gasteiger partial charge in [-0.15, -0.1) is 40.6 Å². The smallest absolute Gasteiger partial charge is 0.442 e. The van der Waals surface area contributed by atoms with E-state index in [-0.39, 0.29) is 72.4 Å². The Morgan fingerprint density at radius 2 is 1.03 bits per heavy atom. The molecule has 39 heteroatoms. The highest BCUT2D eigenvalue weighted by atomic mass is 32.3. The Morgan fingerprint density at radius 1 is 0.660 bits per heavy atom. The van der Waals surface area contributed by atoms with E-state index in [4.69, 9.17) is 50.7 Å². The zero-order chi connectivity index (χ0) is 69.8. The predicted octanol–water partition coefficient (Wildman–Crippen LogP) is -0.878. The molecule has 4 aliphatic rings. The minimum atomic E-state index is -5.40. The molecule has 2 aromatic carbocycles. The lowest BCUT2D eigenvalue weighted by Gasteiger charge is -2.52. The molecule has 10 rings (SSSR count). The Morgan fingerprint density at radius 3 is 1.33 bits per heavy atom. The van der Waals surface area contributed by atoms with Crippen LogP contribution in [-0.2, 0) is 83.6 Å². The first-order chi connectivity index (χ1) is 46.0. The van der Waals surface area contributed by atoms with E-state index in [1.54, 1.807) is 48.5 Å². The maximum atomic E-state index is 15.1. The summed E-state index contributed by atoms with van der Waals surface area (Å²) in [7, 11) is -5.40. The van der Waals surface area contributed by atoms with Crippen molar-refractivity contribution in [1.82, 2.24) is 50.7 Å². The average molecular weight is 1410 g/mol. The number of nitrogen functional groups attached to an aromatic ring is 2. The number of rotatable bonds is 34. The van der Waals surface area contributed by atoms with Crippen molar-refractivity contribution in [2.45, 2.75) is 113 Å². The molecule has 6 aromatic rings. The first-order valence-electron chi connectivity index (χ1n) is 30.1. The lowest BCUT2D eigenvalue weighted by atomic mass is 9.84. The van der Waals surface area contributed by atoms with E-state index in [1.165, 1.54) is 38.5 Å². The third kappa shape index (κ3) is 16.1. The second-order valence-corrected chi connectivity index (χ2v) is 27.1. The number of ether oxygens (including phenoxy) is 2. The summed E-state index contributed by atoms with van der Waals surface area (Å²) in [4.78, 5) is 98.9. The number of aryl methyl sites for hydroxylation is 2. The van der Waals surface area contributed by atoms with Crippen molar-refractivity contribution in [3.8, 4) is 33.8 Å². The lowest BCUT2D eigenvalue weighted by molar-refractivity contribution is -0.784. The number of hydrogen-bond acceptors (Lipinski definition) is 26. The van der Waals surface area contributed by atoms with Crippen molar-refractivity contribution in [1.29, 1.82) is 0 Å². The monoisotopic (exact) mass is 1410 g/mol. The predicted molar refractivity (Wildman–Crippen MR) is 340 cm³/mol. The van der Waals surface area contributed by atoms with Crippen molar-refractivity contribution in [3.05, 3.63) is 95.5 Å². The summed E-state index contributed by atoms with van der Waals surface area (Å²) >= 11 is 1.78. The number of carboxylic acid groups (broad SMARTS) is 2. The maximum absolute atomic E-state index is 15.1. The second-order valence-electron chi connectivity index (χ2n) is 24.2. The van der Waals surface area contributed by atoms with Crippen LogP contribution in [0.1, 0.15) is 51.9 Å². The van der Waals surface area contributed by atoms with Crippen LogP contribution in [0.5, 0.6) is 11.5 Å². The van der Waals surface area contributed by atoms with Crippen molar-refractivity contribution in [2.24, 2.45) is 21.8 Å². The van der Waals surface area contributed by atoms with E-state index in [0.717, 1.165) is 44.9 Å².